The van der Waals surface area contributed by atoms with Crippen molar-refractivity contribution in [3.05, 3.63) is 59.2 Å². The number of benzene rings is 2. The molecule has 2 aromatic carbocycles. The Morgan fingerprint density at radius 2 is 1.68 bits per heavy atom. The molecule has 0 radical (unpaired) electrons. The molecule has 19 heavy (non-hydrogen) atoms. The van der Waals surface area contributed by atoms with Gasteiger partial charge in [0.1, 0.15) is 5.75 Å². The molecule has 2 rings (SSSR count). The Labute approximate surface area is 109 Å². The normalized spacial score (nSPS) is 10.0. The number of nitrogens with zero attached hydrogens (tertiary/aromatic N) is 1. The highest BCUT2D eigenvalue weighted by Crippen LogP contribution is 2.28. The van der Waals surface area contributed by atoms with Crippen LogP contribution in [0.4, 0.5) is 8.78 Å². The van der Waals surface area contributed by atoms with Gasteiger partial charge in [-0.2, -0.15) is 5.26 Å². The van der Waals surface area contributed by atoms with Gasteiger partial charge in [-0.05, 0) is 36.2 Å². The minimum absolute atomic E-state index is 0.0799. The summed E-state index contributed by atoms with van der Waals surface area (Å²) in [6.07, 6.45) is 0.875. The molecule has 96 valence electrons. The summed E-state index contributed by atoms with van der Waals surface area (Å²) >= 11 is 0. The van der Waals surface area contributed by atoms with E-state index in [0.29, 0.717) is 5.75 Å². The Morgan fingerprint density at radius 3 is 2.16 bits per heavy atom. The van der Waals surface area contributed by atoms with Gasteiger partial charge in [0.05, 0.1) is 11.6 Å². The minimum Gasteiger partial charge on any atom is -0.451 e. The van der Waals surface area contributed by atoms with Crippen molar-refractivity contribution in [2.45, 2.75) is 13.3 Å². The zero-order valence-corrected chi connectivity index (χ0v) is 10.3. The van der Waals surface area contributed by atoms with Crippen molar-refractivity contribution in [2.24, 2.45) is 0 Å². The molecule has 2 nitrogen and oxygen atoms in total. The first-order chi connectivity index (χ1) is 9.13. The van der Waals surface area contributed by atoms with Crippen molar-refractivity contribution in [3.8, 4) is 17.6 Å². The summed E-state index contributed by atoms with van der Waals surface area (Å²) in [5, 5.41) is 8.60. The second-order valence-electron chi connectivity index (χ2n) is 3.98. The van der Waals surface area contributed by atoms with Crippen LogP contribution in [0.5, 0.6) is 11.5 Å². The summed E-state index contributed by atoms with van der Waals surface area (Å²) in [5.74, 6) is -1.94. The highest BCUT2D eigenvalue weighted by atomic mass is 19.1. The molecule has 0 saturated heterocycles. The lowest BCUT2D eigenvalue weighted by Crippen LogP contribution is -1.94. The van der Waals surface area contributed by atoms with Crippen molar-refractivity contribution in [1.82, 2.24) is 0 Å². The van der Waals surface area contributed by atoms with Crippen molar-refractivity contribution in [2.75, 3.05) is 0 Å². The molecule has 0 fully saturated rings. The lowest BCUT2D eigenvalue weighted by molar-refractivity contribution is 0.407. The zero-order valence-electron chi connectivity index (χ0n) is 10.3. The van der Waals surface area contributed by atoms with Crippen LogP contribution in [0.15, 0.2) is 36.4 Å². The van der Waals surface area contributed by atoms with Crippen molar-refractivity contribution >= 4 is 0 Å². The molecular weight excluding hydrogens is 248 g/mol. The fourth-order valence-electron chi connectivity index (χ4n) is 1.63. The van der Waals surface area contributed by atoms with E-state index in [1.807, 2.05) is 19.1 Å². The third kappa shape index (κ3) is 2.89. The summed E-state index contributed by atoms with van der Waals surface area (Å²) in [7, 11) is 0. The topological polar surface area (TPSA) is 33.0 Å². The van der Waals surface area contributed by atoms with Crippen LogP contribution in [0.3, 0.4) is 0 Å². The van der Waals surface area contributed by atoms with Crippen LogP contribution in [0.2, 0.25) is 0 Å². The van der Waals surface area contributed by atoms with E-state index in [2.05, 4.69) is 0 Å². The Kier molecular flexibility index (Phi) is 3.76. The molecule has 0 amide bonds. The van der Waals surface area contributed by atoms with Crippen LogP contribution in [0.1, 0.15) is 18.1 Å². The smallest absolute Gasteiger partial charge is 0.198 e. The average molecular weight is 259 g/mol. The molecule has 0 aliphatic rings. The van der Waals surface area contributed by atoms with Gasteiger partial charge < -0.3 is 4.74 Å². The van der Waals surface area contributed by atoms with E-state index in [1.165, 1.54) is 0 Å². The van der Waals surface area contributed by atoms with Crippen LogP contribution < -0.4 is 4.74 Å². The molecule has 4 heteroatoms. The number of halogens is 2. The molecule has 0 aliphatic carbocycles. The number of nitriles is 1. The molecular formula is C15H11F2NO. The van der Waals surface area contributed by atoms with Crippen molar-refractivity contribution < 1.29 is 13.5 Å². The highest BCUT2D eigenvalue weighted by Gasteiger charge is 2.13. The van der Waals surface area contributed by atoms with Crippen molar-refractivity contribution in [3.63, 3.8) is 0 Å². The maximum absolute atomic E-state index is 13.6. The highest BCUT2D eigenvalue weighted by molar-refractivity contribution is 5.40. The van der Waals surface area contributed by atoms with Gasteiger partial charge in [0, 0.05) is 0 Å². The average Bonchev–Trinajstić information content (AvgIpc) is 2.43. The van der Waals surface area contributed by atoms with Gasteiger partial charge in [0.25, 0.3) is 0 Å². The molecule has 2 aromatic rings. The van der Waals surface area contributed by atoms with E-state index in [9.17, 15) is 8.78 Å². The first-order valence-corrected chi connectivity index (χ1v) is 5.80. The summed E-state index contributed by atoms with van der Waals surface area (Å²) in [5.41, 5.74) is 1.02. The van der Waals surface area contributed by atoms with Gasteiger partial charge in [-0.3, -0.25) is 0 Å². The number of ether oxygens (including phenoxy) is 1. The third-order valence-corrected chi connectivity index (χ3v) is 2.68. The van der Waals surface area contributed by atoms with Gasteiger partial charge in [-0.1, -0.05) is 19.1 Å². The number of aryl methyl sites for hydroxylation is 1. The van der Waals surface area contributed by atoms with E-state index < -0.39 is 17.4 Å². The fraction of sp³-hybridized carbons (Fsp3) is 0.133. The van der Waals surface area contributed by atoms with E-state index in [1.54, 1.807) is 18.2 Å². The summed E-state index contributed by atoms with van der Waals surface area (Å²) in [6.45, 7) is 2.01. The molecule has 0 atom stereocenters. The predicted octanol–water partition coefficient (Wildman–Crippen LogP) is 4.19. The standard InChI is InChI=1S/C15H11F2NO/c1-2-10-3-5-12(6-4-10)19-15-13(16)7-11(9-18)8-14(15)17/h3-8H,2H2,1H3. The maximum Gasteiger partial charge on any atom is 0.198 e. The summed E-state index contributed by atoms with van der Waals surface area (Å²) in [4.78, 5) is 0. The quantitative estimate of drug-likeness (QED) is 0.827. The molecule has 0 unspecified atom stereocenters. The van der Waals surface area contributed by atoms with Gasteiger partial charge in [-0.25, -0.2) is 8.78 Å². The largest absolute Gasteiger partial charge is 0.451 e. The predicted molar refractivity (Wildman–Crippen MR) is 67.0 cm³/mol. The van der Waals surface area contributed by atoms with Crippen LogP contribution >= 0.6 is 0 Å². The second-order valence-corrected chi connectivity index (χ2v) is 3.98. The minimum atomic E-state index is -0.892. The molecule has 0 heterocycles. The Morgan fingerprint density at radius 1 is 1.11 bits per heavy atom. The first-order valence-electron chi connectivity index (χ1n) is 5.80. The molecule has 0 aliphatic heterocycles. The Hall–Kier alpha value is -2.41. The summed E-state index contributed by atoms with van der Waals surface area (Å²) < 4.78 is 32.4. The lowest BCUT2D eigenvalue weighted by atomic mass is 10.2. The van der Waals surface area contributed by atoms with Gasteiger partial charge in [-0.15, -0.1) is 0 Å². The number of hydrogen-bond acceptors (Lipinski definition) is 2. The zero-order chi connectivity index (χ0) is 13.8. The summed E-state index contributed by atoms with van der Waals surface area (Å²) in [6, 6.07) is 10.5. The van der Waals surface area contributed by atoms with E-state index in [4.69, 9.17) is 10.00 Å². The molecule has 0 spiro atoms. The fourth-order valence-corrected chi connectivity index (χ4v) is 1.63. The lowest BCUT2D eigenvalue weighted by Gasteiger charge is -2.08. The molecule has 0 bridgehead atoms. The SMILES string of the molecule is CCc1ccc(Oc2c(F)cc(C#N)cc2F)cc1. The van der Waals surface area contributed by atoms with Gasteiger partial charge in [0.15, 0.2) is 17.4 Å². The van der Waals surface area contributed by atoms with Gasteiger partial charge in [0.2, 0.25) is 0 Å². The first kappa shape index (κ1) is 13.0. The van der Waals surface area contributed by atoms with Crippen LogP contribution in [0, 0.1) is 23.0 Å². The Bertz CT molecular complexity index is 607. The van der Waals surface area contributed by atoms with E-state index >= 15 is 0 Å². The molecule has 0 saturated carbocycles. The number of rotatable bonds is 3. The van der Waals surface area contributed by atoms with Crippen LogP contribution in [0.25, 0.3) is 0 Å². The Balaban J connectivity index is 2.30. The van der Waals surface area contributed by atoms with E-state index in [-0.39, 0.29) is 5.56 Å². The monoisotopic (exact) mass is 259 g/mol. The van der Waals surface area contributed by atoms with Gasteiger partial charge >= 0.3 is 0 Å². The molecule has 0 aromatic heterocycles. The number of hydrogen-bond donors (Lipinski definition) is 0. The second kappa shape index (κ2) is 5.49. The molecule has 0 N–H and O–H groups in total. The maximum atomic E-state index is 13.6. The van der Waals surface area contributed by atoms with Crippen molar-refractivity contribution in [1.29, 1.82) is 5.26 Å². The van der Waals surface area contributed by atoms with E-state index in [0.717, 1.165) is 24.1 Å². The van der Waals surface area contributed by atoms with Crippen LogP contribution in [-0.4, -0.2) is 0 Å². The third-order valence-electron chi connectivity index (χ3n) is 2.68. The van der Waals surface area contributed by atoms with Crippen LogP contribution in [-0.2, 0) is 6.42 Å².